The summed E-state index contributed by atoms with van der Waals surface area (Å²) in [6.45, 7) is 7.37. The second-order valence-corrected chi connectivity index (χ2v) is 8.11. The average molecular weight is 376 g/mol. The summed E-state index contributed by atoms with van der Waals surface area (Å²) in [5, 5.41) is 9.11. The van der Waals surface area contributed by atoms with Gasteiger partial charge in [-0.1, -0.05) is 6.92 Å². The molecule has 2 rings (SSSR count). The van der Waals surface area contributed by atoms with E-state index < -0.39 is 0 Å². The SMILES string of the molecule is CCC(N)C(c1ccc(Br)s1)N1CCCN(CCO)CC1. The van der Waals surface area contributed by atoms with E-state index in [-0.39, 0.29) is 12.6 Å². The summed E-state index contributed by atoms with van der Waals surface area (Å²) in [5.74, 6) is 0. The summed E-state index contributed by atoms with van der Waals surface area (Å²) in [6, 6.07) is 4.79. The van der Waals surface area contributed by atoms with Crippen LogP contribution in [0, 0.1) is 0 Å². The molecule has 120 valence electrons. The van der Waals surface area contributed by atoms with E-state index in [0.29, 0.717) is 6.04 Å². The summed E-state index contributed by atoms with van der Waals surface area (Å²) in [7, 11) is 0. The van der Waals surface area contributed by atoms with E-state index in [1.54, 1.807) is 11.3 Å². The molecule has 1 fully saturated rings. The number of hydrogen-bond acceptors (Lipinski definition) is 5. The Bertz CT molecular complexity index is 429. The summed E-state index contributed by atoms with van der Waals surface area (Å²) >= 11 is 5.36. The summed E-state index contributed by atoms with van der Waals surface area (Å²) < 4.78 is 1.17. The summed E-state index contributed by atoms with van der Waals surface area (Å²) in [6.07, 6.45) is 2.12. The molecule has 1 aliphatic heterocycles. The number of nitrogens with zero attached hydrogens (tertiary/aromatic N) is 2. The van der Waals surface area contributed by atoms with E-state index in [4.69, 9.17) is 10.8 Å². The lowest BCUT2D eigenvalue weighted by molar-refractivity contribution is 0.166. The maximum Gasteiger partial charge on any atom is 0.0702 e. The number of aliphatic hydroxyl groups excluding tert-OH is 1. The Hall–Kier alpha value is 0.0200. The minimum atomic E-state index is 0.167. The number of thiophene rings is 1. The minimum Gasteiger partial charge on any atom is -0.395 e. The zero-order valence-electron chi connectivity index (χ0n) is 12.7. The fraction of sp³-hybridized carbons (Fsp3) is 0.733. The van der Waals surface area contributed by atoms with Gasteiger partial charge in [0.15, 0.2) is 0 Å². The van der Waals surface area contributed by atoms with Crippen molar-refractivity contribution in [1.82, 2.24) is 9.80 Å². The van der Waals surface area contributed by atoms with Gasteiger partial charge in [-0.15, -0.1) is 11.3 Å². The number of nitrogens with two attached hydrogens (primary N) is 1. The lowest BCUT2D eigenvalue weighted by atomic mass is 10.0. The zero-order valence-corrected chi connectivity index (χ0v) is 15.1. The number of hydrogen-bond donors (Lipinski definition) is 2. The largest absolute Gasteiger partial charge is 0.395 e. The molecule has 2 heterocycles. The van der Waals surface area contributed by atoms with Gasteiger partial charge in [0.2, 0.25) is 0 Å². The first-order valence-electron chi connectivity index (χ1n) is 7.73. The van der Waals surface area contributed by atoms with Crippen molar-refractivity contribution in [3.05, 3.63) is 20.8 Å². The molecular weight excluding hydrogens is 350 g/mol. The number of aliphatic hydroxyl groups is 1. The monoisotopic (exact) mass is 375 g/mol. The lowest BCUT2D eigenvalue weighted by Crippen LogP contribution is -2.42. The molecule has 0 spiro atoms. The Morgan fingerprint density at radius 2 is 2.14 bits per heavy atom. The van der Waals surface area contributed by atoms with Gasteiger partial charge < -0.3 is 10.8 Å². The second kappa shape index (κ2) is 8.60. The molecule has 1 saturated heterocycles. The van der Waals surface area contributed by atoms with Crippen molar-refractivity contribution in [1.29, 1.82) is 0 Å². The predicted octanol–water partition coefficient (Wildman–Crippen LogP) is 2.29. The first-order valence-corrected chi connectivity index (χ1v) is 9.34. The highest BCUT2D eigenvalue weighted by molar-refractivity contribution is 9.11. The summed E-state index contributed by atoms with van der Waals surface area (Å²) in [5.41, 5.74) is 6.43. The first kappa shape index (κ1) is 17.4. The third-order valence-corrected chi connectivity index (χ3v) is 5.89. The normalized spacial score (nSPS) is 21.1. The van der Waals surface area contributed by atoms with Crippen molar-refractivity contribution in [3.8, 4) is 0 Å². The van der Waals surface area contributed by atoms with Crippen molar-refractivity contribution in [2.75, 3.05) is 39.3 Å². The van der Waals surface area contributed by atoms with E-state index in [1.807, 2.05) is 0 Å². The molecule has 1 aromatic heterocycles. The third-order valence-electron chi connectivity index (χ3n) is 4.20. The van der Waals surface area contributed by atoms with E-state index in [0.717, 1.165) is 45.6 Å². The Labute approximate surface area is 140 Å². The number of rotatable bonds is 6. The molecule has 0 saturated carbocycles. The third kappa shape index (κ3) is 4.74. The Morgan fingerprint density at radius 3 is 2.76 bits per heavy atom. The Kier molecular flexibility index (Phi) is 7.12. The maximum absolute atomic E-state index is 9.11. The molecule has 1 aromatic rings. The van der Waals surface area contributed by atoms with Crippen LogP contribution in [0.5, 0.6) is 0 Å². The highest BCUT2D eigenvalue weighted by atomic mass is 79.9. The van der Waals surface area contributed by atoms with Crippen LogP contribution in [0.3, 0.4) is 0 Å². The van der Waals surface area contributed by atoms with Crippen LogP contribution in [0.4, 0.5) is 0 Å². The Balaban J connectivity index is 2.10. The van der Waals surface area contributed by atoms with Crippen LogP contribution in [0.2, 0.25) is 0 Å². The van der Waals surface area contributed by atoms with Gasteiger partial charge in [0.1, 0.15) is 0 Å². The van der Waals surface area contributed by atoms with Gasteiger partial charge in [0, 0.05) is 37.1 Å². The predicted molar refractivity (Wildman–Crippen MR) is 92.7 cm³/mol. The molecule has 6 heteroatoms. The van der Waals surface area contributed by atoms with Gasteiger partial charge in [0.05, 0.1) is 16.4 Å². The highest BCUT2D eigenvalue weighted by Gasteiger charge is 2.28. The van der Waals surface area contributed by atoms with E-state index in [2.05, 4.69) is 44.8 Å². The van der Waals surface area contributed by atoms with Crippen LogP contribution < -0.4 is 5.73 Å². The molecule has 21 heavy (non-hydrogen) atoms. The van der Waals surface area contributed by atoms with Crippen LogP contribution in [0.1, 0.15) is 30.7 Å². The molecule has 2 unspecified atom stereocenters. The number of halogens is 1. The lowest BCUT2D eigenvalue weighted by Gasteiger charge is -2.34. The van der Waals surface area contributed by atoms with Crippen molar-refractivity contribution in [3.63, 3.8) is 0 Å². The van der Waals surface area contributed by atoms with Crippen molar-refractivity contribution < 1.29 is 5.11 Å². The van der Waals surface area contributed by atoms with E-state index >= 15 is 0 Å². The Morgan fingerprint density at radius 1 is 1.33 bits per heavy atom. The topological polar surface area (TPSA) is 52.7 Å². The molecule has 0 amide bonds. The smallest absolute Gasteiger partial charge is 0.0702 e. The molecular formula is C15H26BrN3OS. The maximum atomic E-state index is 9.11. The molecule has 0 radical (unpaired) electrons. The molecule has 3 N–H and O–H groups in total. The van der Waals surface area contributed by atoms with Crippen LogP contribution in [-0.2, 0) is 0 Å². The molecule has 0 aliphatic carbocycles. The second-order valence-electron chi connectivity index (χ2n) is 5.61. The molecule has 0 bridgehead atoms. The molecule has 1 aliphatic rings. The van der Waals surface area contributed by atoms with Crippen LogP contribution in [-0.4, -0.2) is 60.3 Å². The van der Waals surface area contributed by atoms with Gasteiger partial charge in [-0.05, 0) is 47.4 Å². The van der Waals surface area contributed by atoms with Crippen molar-refractivity contribution in [2.45, 2.75) is 31.8 Å². The average Bonchev–Trinajstić information content (AvgIpc) is 2.76. The van der Waals surface area contributed by atoms with Gasteiger partial charge >= 0.3 is 0 Å². The van der Waals surface area contributed by atoms with E-state index in [1.165, 1.54) is 8.66 Å². The van der Waals surface area contributed by atoms with Gasteiger partial charge in [-0.2, -0.15) is 0 Å². The van der Waals surface area contributed by atoms with Crippen LogP contribution >= 0.6 is 27.3 Å². The van der Waals surface area contributed by atoms with Crippen molar-refractivity contribution in [2.24, 2.45) is 5.73 Å². The molecule has 0 aromatic carbocycles. The fourth-order valence-electron chi connectivity index (χ4n) is 3.01. The van der Waals surface area contributed by atoms with Gasteiger partial charge in [-0.3, -0.25) is 9.80 Å². The summed E-state index contributed by atoms with van der Waals surface area (Å²) in [4.78, 5) is 6.23. The van der Waals surface area contributed by atoms with Crippen LogP contribution in [0.25, 0.3) is 0 Å². The zero-order chi connectivity index (χ0) is 15.2. The standard InChI is InChI=1S/C15H26BrN3OS/c1-2-12(17)15(13-4-5-14(16)21-13)19-7-3-6-18(8-9-19)10-11-20/h4-5,12,15,20H,2-3,6-11,17H2,1H3. The van der Waals surface area contributed by atoms with Gasteiger partial charge in [-0.25, -0.2) is 0 Å². The molecule has 2 atom stereocenters. The van der Waals surface area contributed by atoms with Crippen molar-refractivity contribution >= 4 is 27.3 Å². The van der Waals surface area contributed by atoms with E-state index in [9.17, 15) is 0 Å². The minimum absolute atomic E-state index is 0.167. The number of β-amino-alcohol motifs (C(OH)–C–C–N with tert-alkyl or cyclic N) is 1. The molecule has 4 nitrogen and oxygen atoms in total. The van der Waals surface area contributed by atoms with Gasteiger partial charge in [0.25, 0.3) is 0 Å². The van der Waals surface area contributed by atoms with Crippen LogP contribution in [0.15, 0.2) is 15.9 Å². The first-order chi connectivity index (χ1) is 10.2. The fourth-order valence-corrected chi connectivity index (χ4v) is 4.64. The highest BCUT2D eigenvalue weighted by Crippen LogP contribution is 2.33. The quantitative estimate of drug-likeness (QED) is 0.800.